The van der Waals surface area contributed by atoms with Crippen LogP contribution in [0, 0.1) is 0 Å². The Bertz CT molecular complexity index is 1360. The van der Waals surface area contributed by atoms with E-state index in [1.807, 2.05) is 30.3 Å². The molecule has 1 fully saturated rings. The zero-order valence-electron chi connectivity index (χ0n) is 17.7. The number of alkyl halides is 1. The number of carbonyl (C=O) groups excluding carboxylic acids is 1. The second-order valence-electron chi connectivity index (χ2n) is 8.25. The average molecular weight is 447 g/mol. The summed E-state index contributed by atoms with van der Waals surface area (Å²) < 4.78 is 17.9. The predicted octanol–water partition coefficient (Wildman–Crippen LogP) is 2.20. The molecule has 1 N–H and O–H groups in total. The summed E-state index contributed by atoms with van der Waals surface area (Å²) in [6.45, 7) is -0.332. The molecule has 0 bridgehead atoms. The van der Waals surface area contributed by atoms with Gasteiger partial charge in [0, 0.05) is 12.1 Å². The maximum atomic E-state index is 15.1. The largest absolute Gasteiger partial charge is 0.385 e. The van der Waals surface area contributed by atoms with E-state index in [2.05, 4.69) is 10.1 Å². The molecule has 4 aromatic rings. The number of rotatable bonds is 4. The van der Waals surface area contributed by atoms with Crippen molar-refractivity contribution in [1.82, 2.24) is 24.2 Å². The molecular formula is C24H22FN5O3. The first-order chi connectivity index (χ1) is 16.0. The Kier molecular flexibility index (Phi) is 5.26. The Hall–Kier alpha value is -3.85. The molecular weight excluding hydrogens is 425 g/mol. The van der Waals surface area contributed by atoms with Gasteiger partial charge in [0.25, 0.3) is 11.5 Å². The first-order valence-electron chi connectivity index (χ1n) is 10.7. The fourth-order valence-electron chi connectivity index (χ4n) is 4.18. The molecule has 1 amide bonds. The van der Waals surface area contributed by atoms with Crippen LogP contribution in [0.3, 0.4) is 0 Å². The molecule has 1 aliphatic heterocycles. The normalized spacial score (nSPS) is 20.8. The number of aromatic nitrogens is 4. The zero-order chi connectivity index (χ0) is 23.0. The standard InChI is InChI=1S/C24H22FN5O3/c25-20-14-28(22(31)17-7-3-1-4-8-17)12-11-24(20,33)15-29-16-26-21-19(23(29)32)13-27-30(21)18-9-5-2-6-10-18/h1-10,13,16,20,33H,11-12,14-15H2/t20-,24+/m0/s1. The van der Waals surface area contributed by atoms with Crippen LogP contribution in [0.4, 0.5) is 4.39 Å². The van der Waals surface area contributed by atoms with Crippen molar-refractivity contribution in [2.24, 2.45) is 0 Å². The molecule has 3 heterocycles. The number of benzene rings is 2. The third kappa shape index (κ3) is 3.80. The highest BCUT2D eigenvalue weighted by atomic mass is 19.1. The van der Waals surface area contributed by atoms with Gasteiger partial charge in [-0.2, -0.15) is 5.10 Å². The summed E-state index contributed by atoms with van der Waals surface area (Å²) in [5, 5.41) is 15.6. The van der Waals surface area contributed by atoms with Crippen molar-refractivity contribution in [2.75, 3.05) is 13.1 Å². The van der Waals surface area contributed by atoms with Crippen molar-refractivity contribution in [3.8, 4) is 5.69 Å². The minimum atomic E-state index is -1.79. The molecule has 0 saturated carbocycles. The zero-order valence-corrected chi connectivity index (χ0v) is 17.7. The van der Waals surface area contributed by atoms with Crippen LogP contribution >= 0.6 is 0 Å². The summed E-state index contributed by atoms with van der Waals surface area (Å²) in [6.07, 6.45) is 1.01. The van der Waals surface area contributed by atoms with E-state index in [1.165, 1.54) is 22.0 Å². The molecule has 1 aliphatic rings. The van der Waals surface area contributed by atoms with E-state index < -0.39 is 17.3 Å². The van der Waals surface area contributed by atoms with E-state index in [1.54, 1.807) is 35.0 Å². The van der Waals surface area contributed by atoms with E-state index in [9.17, 15) is 14.7 Å². The van der Waals surface area contributed by atoms with Gasteiger partial charge in [-0.15, -0.1) is 0 Å². The number of aliphatic hydroxyl groups is 1. The number of piperidine rings is 1. The molecule has 9 heteroatoms. The van der Waals surface area contributed by atoms with Gasteiger partial charge in [0.05, 0.1) is 25.0 Å². The van der Waals surface area contributed by atoms with Crippen LogP contribution in [-0.2, 0) is 6.54 Å². The van der Waals surface area contributed by atoms with Gasteiger partial charge in [-0.05, 0) is 30.7 Å². The van der Waals surface area contributed by atoms with Gasteiger partial charge >= 0.3 is 0 Å². The van der Waals surface area contributed by atoms with E-state index in [0.29, 0.717) is 11.2 Å². The van der Waals surface area contributed by atoms with Crippen LogP contribution < -0.4 is 5.56 Å². The molecule has 2 aromatic carbocycles. The first-order valence-corrected chi connectivity index (χ1v) is 10.7. The van der Waals surface area contributed by atoms with E-state index >= 15 is 4.39 Å². The summed E-state index contributed by atoms with van der Waals surface area (Å²) >= 11 is 0. The molecule has 2 atom stereocenters. The van der Waals surface area contributed by atoms with Gasteiger partial charge < -0.3 is 10.0 Å². The summed E-state index contributed by atoms with van der Waals surface area (Å²) in [7, 11) is 0. The third-order valence-electron chi connectivity index (χ3n) is 6.09. The molecule has 168 valence electrons. The maximum absolute atomic E-state index is 15.1. The third-order valence-corrected chi connectivity index (χ3v) is 6.09. The number of hydrogen-bond acceptors (Lipinski definition) is 5. The second-order valence-corrected chi connectivity index (χ2v) is 8.25. The van der Waals surface area contributed by atoms with Gasteiger partial charge in [-0.1, -0.05) is 36.4 Å². The number of hydrogen-bond donors (Lipinski definition) is 1. The monoisotopic (exact) mass is 447 g/mol. The highest BCUT2D eigenvalue weighted by Gasteiger charge is 2.44. The molecule has 8 nitrogen and oxygen atoms in total. The average Bonchev–Trinajstić information content (AvgIpc) is 3.28. The van der Waals surface area contributed by atoms with Crippen LogP contribution in [0.25, 0.3) is 16.7 Å². The molecule has 0 spiro atoms. The van der Waals surface area contributed by atoms with Crippen molar-refractivity contribution in [3.63, 3.8) is 0 Å². The van der Waals surface area contributed by atoms with Gasteiger partial charge in [-0.25, -0.2) is 14.1 Å². The number of likely N-dealkylation sites (tertiary alicyclic amines) is 1. The summed E-state index contributed by atoms with van der Waals surface area (Å²) in [6, 6.07) is 17.9. The lowest BCUT2D eigenvalue weighted by molar-refractivity contribution is -0.0887. The van der Waals surface area contributed by atoms with E-state index in [0.717, 1.165) is 5.69 Å². The number of nitrogens with zero attached hydrogens (tertiary/aromatic N) is 5. The summed E-state index contributed by atoms with van der Waals surface area (Å²) in [5.74, 6) is -0.283. The number of amides is 1. The Labute approximate surface area is 188 Å². The Morgan fingerprint density at radius 3 is 2.52 bits per heavy atom. The van der Waals surface area contributed by atoms with Crippen molar-refractivity contribution in [1.29, 1.82) is 0 Å². The number of halogens is 1. The topological polar surface area (TPSA) is 93.2 Å². The fourth-order valence-corrected chi connectivity index (χ4v) is 4.18. The van der Waals surface area contributed by atoms with Gasteiger partial charge in [0.2, 0.25) is 0 Å². The summed E-state index contributed by atoms with van der Waals surface area (Å²) in [5.41, 5.74) is -0.589. The lowest BCUT2D eigenvalue weighted by atomic mass is 9.89. The fraction of sp³-hybridized carbons (Fsp3) is 0.250. The van der Waals surface area contributed by atoms with Gasteiger partial charge in [-0.3, -0.25) is 14.2 Å². The second kappa shape index (κ2) is 8.25. The molecule has 33 heavy (non-hydrogen) atoms. The van der Waals surface area contributed by atoms with Crippen molar-refractivity contribution < 1.29 is 14.3 Å². The lowest BCUT2D eigenvalue weighted by Gasteiger charge is -2.41. The Morgan fingerprint density at radius 2 is 1.82 bits per heavy atom. The smallest absolute Gasteiger partial charge is 0.264 e. The minimum absolute atomic E-state index is 0.000491. The summed E-state index contributed by atoms with van der Waals surface area (Å²) in [4.78, 5) is 31.4. The SMILES string of the molecule is O=C(c1ccccc1)N1CC[C@@](O)(Cn2cnc3c(cnn3-c3ccccc3)c2=O)[C@@H](F)C1. The van der Waals surface area contributed by atoms with Crippen LogP contribution in [0.15, 0.2) is 78.0 Å². The van der Waals surface area contributed by atoms with Crippen molar-refractivity contribution in [3.05, 3.63) is 89.1 Å². The molecule has 0 unspecified atom stereocenters. The first kappa shape index (κ1) is 21.0. The van der Waals surface area contributed by atoms with Crippen molar-refractivity contribution in [2.45, 2.75) is 24.7 Å². The lowest BCUT2D eigenvalue weighted by Crippen LogP contribution is -2.57. The molecule has 0 aliphatic carbocycles. The minimum Gasteiger partial charge on any atom is -0.385 e. The highest BCUT2D eigenvalue weighted by Crippen LogP contribution is 2.28. The highest BCUT2D eigenvalue weighted by molar-refractivity contribution is 5.94. The van der Waals surface area contributed by atoms with Crippen LogP contribution in [0.1, 0.15) is 16.8 Å². The quantitative estimate of drug-likeness (QED) is 0.518. The van der Waals surface area contributed by atoms with Gasteiger partial charge in [0.1, 0.15) is 23.5 Å². The molecule has 5 rings (SSSR count). The maximum Gasteiger partial charge on any atom is 0.264 e. The van der Waals surface area contributed by atoms with Crippen LogP contribution in [0.2, 0.25) is 0 Å². The van der Waals surface area contributed by atoms with E-state index in [4.69, 9.17) is 0 Å². The van der Waals surface area contributed by atoms with Crippen LogP contribution in [-0.4, -0.2) is 60.1 Å². The number of carbonyl (C=O) groups is 1. The Morgan fingerprint density at radius 1 is 1.12 bits per heavy atom. The molecule has 2 aromatic heterocycles. The number of para-hydroxylation sites is 1. The number of fused-ring (bicyclic) bond motifs is 1. The molecule has 0 radical (unpaired) electrons. The van der Waals surface area contributed by atoms with E-state index in [-0.39, 0.29) is 37.3 Å². The van der Waals surface area contributed by atoms with Crippen LogP contribution in [0.5, 0.6) is 0 Å². The Balaban J connectivity index is 1.37. The predicted molar refractivity (Wildman–Crippen MR) is 120 cm³/mol. The van der Waals surface area contributed by atoms with Crippen molar-refractivity contribution >= 4 is 16.9 Å². The van der Waals surface area contributed by atoms with Gasteiger partial charge in [0.15, 0.2) is 5.65 Å². The molecule has 1 saturated heterocycles.